The minimum atomic E-state index is 0.807. The van der Waals surface area contributed by atoms with Crippen molar-refractivity contribution in [3.63, 3.8) is 0 Å². The molecule has 1 aliphatic rings. The highest BCUT2D eigenvalue weighted by atomic mass is 35.5. The molecule has 1 aliphatic heterocycles. The molecule has 0 spiro atoms. The fourth-order valence-electron chi connectivity index (χ4n) is 2.63. The molecule has 2 aromatic carbocycles. The summed E-state index contributed by atoms with van der Waals surface area (Å²) in [6.45, 7) is 3.81. The maximum Gasteiger partial charge on any atom is 0.0642 e. The van der Waals surface area contributed by atoms with Gasteiger partial charge < -0.3 is 10.6 Å². The van der Waals surface area contributed by atoms with Crippen LogP contribution in [0.4, 0.5) is 11.4 Å². The third kappa shape index (κ3) is 1.73. The molecule has 2 nitrogen and oxygen atoms in total. The van der Waals surface area contributed by atoms with Gasteiger partial charge in [0.2, 0.25) is 0 Å². The summed E-state index contributed by atoms with van der Waals surface area (Å²) in [6, 6.07) is 12.1. The van der Waals surface area contributed by atoms with Crippen molar-refractivity contribution in [1.29, 1.82) is 0 Å². The van der Waals surface area contributed by atoms with Crippen LogP contribution in [-0.4, -0.2) is 0 Å². The Morgan fingerprint density at radius 1 is 1.11 bits per heavy atom. The Balaban J connectivity index is 2.02. The molecule has 92 valence electrons. The fourth-order valence-corrected chi connectivity index (χ4v) is 2.97. The summed E-state index contributed by atoms with van der Waals surface area (Å²) < 4.78 is 0. The molecule has 0 bridgehead atoms. The largest absolute Gasteiger partial charge is 0.398 e. The van der Waals surface area contributed by atoms with E-state index in [-0.39, 0.29) is 0 Å². The van der Waals surface area contributed by atoms with Crippen LogP contribution in [0.25, 0.3) is 0 Å². The van der Waals surface area contributed by atoms with Gasteiger partial charge in [-0.15, -0.1) is 0 Å². The quantitative estimate of drug-likeness (QED) is 0.790. The Morgan fingerprint density at radius 2 is 1.89 bits per heavy atom. The fraction of sp³-hybridized carbons (Fsp3) is 0.200. The molecule has 0 radical (unpaired) electrons. The van der Waals surface area contributed by atoms with Crippen molar-refractivity contribution >= 4 is 23.0 Å². The first-order valence-corrected chi connectivity index (χ1v) is 6.41. The summed E-state index contributed by atoms with van der Waals surface area (Å²) in [5.74, 6) is 0. The highest BCUT2D eigenvalue weighted by Crippen LogP contribution is 2.37. The van der Waals surface area contributed by atoms with Crippen molar-refractivity contribution in [2.45, 2.75) is 20.0 Å². The SMILES string of the molecule is Cc1cccc(Cl)c1N1Cc2cccc(N)c2C1. The Bertz CT molecular complexity index is 587. The van der Waals surface area contributed by atoms with Crippen LogP contribution in [0, 0.1) is 6.92 Å². The molecule has 0 fully saturated rings. The number of hydrogen-bond acceptors (Lipinski definition) is 2. The van der Waals surface area contributed by atoms with Gasteiger partial charge in [0.05, 0.1) is 10.7 Å². The van der Waals surface area contributed by atoms with Gasteiger partial charge in [0.25, 0.3) is 0 Å². The predicted octanol–water partition coefficient (Wildman–Crippen LogP) is 3.75. The lowest BCUT2D eigenvalue weighted by Crippen LogP contribution is -2.16. The molecule has 18 heavy (non-hydrogen) atoms. The van der Waals surface area contributed by atoms with Crippen LogP contribution in [-0.2, 0) is 13.1 Å². The molecule has 2 N–H and O–H groups in total. The lowest BCUT2D eigenvalue weighted by atomic mass is 10.1. The number of fused-ring (bicyclic) bond motifs is 1. The van der Waals surface area contributed by atoms with Gasteiger partial charge in [-0.1, -0.05) is 35.9 Å². The maximum atomic E-state index is 6.32. The van der Waals surface area contributed by atoms with Crippen molar-refractivity contribution in [2.75, 3.05) is 10.6 Å². The zero-order chi connectivity index (χ0) is 12.7. The standard InChI is InChI=1S/C15H15ClN2/c1-10-4-2-6-13(16)15(10)18-8-11-5-3-7-14(17)12(11)9-18/h2-7H,8-9,17H2,1H3. The normalized spacial score (nSPS) is 13.8. The second kappa shape index (κ2) is 4.21. The van der Waals surface area contributed by atoms with Gasteiger partial charge in [0.1, 0.15) is 0 Å². The molecule has 1 heterocycles. The molecule has 0 aliphatic carbocycles. The third-order valence-corrected chi connectivity index (χ3v) is 3.83. The Labute approximate surface area is 112 Å². The summed E-state index contributed by atoms with van der Waals surface area (Å²) >= 11 is 6.32. The lowest BCUT2D eigenvalue weighted by Gasteiger charge is -2.21. The summed E-state index contributed by atoms with van der Waals surface area (Å²) in [5.41, 5.74) is 11.8. The average Bonchev–Trinajstić information content (AvgIpc) is 2.74. The van der Waals surface area contributed by atoms with Gasteiger partial charge in [-0.3, -0.25) is 0 Å². The number of halogens is 1. The second-order valence-corrected chi connectivity index (χ2v) is 5.15. The van der Waals surface area contributed by atoms with Gasteiger partial charge >= 0.3 is 0 Å². The molecule has 2 aromatic rings. The van der Waals surface area contributed by atoms with Gasteiger partial charge in [0, 0.05) is 18.8 Å². The zero-order valence-electron chi connectivity index (χ0n) is 10.3. The van der Waals surface area contributed by atoms with E-state index in [9.17, 15) is 0 Å². The van der Waals surface area contributed by atoms with E-state index in [1.54, 1.807) is 0 Å². The molecule has 0 aromatic heterocycles. The Hall–Kier alpha value is -1.67. The van der Waals surface area contributed by atoms with Crippen LogP contribution in [0.15, 0.2) is 36.4 Å². The van der Waals surface area contributed by atoms with Crippen LogP contribution in [0.2, 0.25) is 5.02 Å². The highest BCUT2D eigenvalue weighted by Gasteiger charge is 2.23. The molecule has 3 rings (SSSR count). The van der Waals surface area contributed by atoms with Gasteiger partial charge in [-0.25, -0.2) is 0 Å². The monoisotopic (exact) mass is 258 g/mol. The van der Waals surface area contributed by atoms with E-state index in [1.165, 1.54) is 16.7 Å². The number of rotatable bonds is 1. The van der Waals surface area contributed by atoms with E-state index in [2.05, 4.69) is 24.0 Å². The number of para-hydroxylation sites is 1. The van der Waals surface area contributed by atoms with Crippen LogP contribution in [0.3, 0.4) is 0 Å². The van der Waals surface area contributed by atoms with E-state index in [1.807, 2.05) is 24.3 Å². The number of benzene rings is 2. The lowest BCUT2D eigenvalue weighted by molar-refractivity contribution is 0.876. The van der Waals surface area contributed by atoms with E-state index < -0.39 is 0 Å². The Kier molecular flexibility index (Phi) is 2.67. The maximum absolute atomic E-state index is 6.32. The topological polar surface area (TPSA) is 29.3 Å². The van der Waals surface area contributed by atoms with Crippen molar-refractivity contribution in [3.05, 3.63) is 58.1 Å². The first-order chi connectivity index (χ1) is 8.66. The molecular weight excluding hydrogens is 244 g/mol. The van der Waals surface area contributed by atoms with Gasteiger partial charge in [-0.2, -0.15) is 0 Å². The summed E-state index contributed by atoms with van der Waals surface area (Å²) in [5, 5.41) is 0.807. The summed E-state index contributed by atoms with van der Waals surface area (Å²) in [4.78, 5) is 2.29. The molecule has 0 amide bonds. The number of anilines is 2. The van der Waals surface area contributed by atoms with Crippen LogP contribution < -0.4 is 10.6 Å². The number of nitrogen functional groups attached to an aromatic ring is 1. The average molecular weight is 259 g/mol. The smallest absolute Gasteiger partial charge is 0.0642 e. The van der Waals surface area contributed by atoms with Crippen LogP contribution >= 0.6 is 11.6 Å². The summed E-state index contributed by atoms with van der Waals surface area (Å²) in [7, 11) is 0. The van der Waals surface area contributed by atoms with Crippen LogP contribution in [0.1, 0.15) is 16.7 Å². The van der Waals surface area contributed by atoms with E-state index in [0.29, 0.717) is 0 Å². The minimum absolute atomic E-state index is 0.807. The van der Waals surface area contributed by atoms with Gasteiger partial charge in [0.15, 0.2) is 0 Å². The Morgan fingerprint density at radius 3 is 2.61 bits per heavy atom. The molecule has 0 unspecified atom stereocenters. The third-order valence-electron chi connectivity index (χ3n) is 3.52. The number of hydrogen-bond donors (Lipinski definition) is 1. The van der Waals surface area contributed by atoms with E-state index in [4.69, 9.17) is 17.3 Å². The van der Waals surface area contributed by atoms with Gasteiger partial charge in [-0.05, 0) is 35.7 Å². The van der Waals surface area contributed by atoms with Crippen molar-refractivity contribution in [2.24, 2.45) is 0 Å². The molecule has 0 atom stereocenters. The predicted molar refractivity (Wildman–Crippen MR) is 76.9 cm³/mol. The van der Waals surface area contributed by atoms with Crippen molar-refractivity contribution in [3.8, 4) is 0 Å². The molecular formula is C15H15ClN2. The number of aryl methyl sites for hydroxylation is 1. The number of nitrogens with two attached hydrogens (primary N) is 1. The summed E-state index contributed by atoms with van der Waals surface area (Å²) in [6.07, 6.45) is 0. The number of nitrogens with zero attached hydrogens (tertiary/aromatic N) is 1. The second-order valence-electron chi connectivity index (χ2n) is 4.75. The molecule has 3 heteroatoms. The van der Waals surface area contributed by atoms with E-state index in [0.717, 1.165) is 29.5 Å². The first-order valence-electron chi connectivity index (χ1n) is 6.03. The van der Waals surface area contributed by atoms with E-state index >= 15 is 0 Å². The highest BCUT2D eigenvalue weighted by molar-refractivity contribution is 6.33. The molecule has 0 saturated heterocycles. The van der Waals surface area contributed by atoms with Crippen molar-refractivity contribution in [1.82, 2.24) is 0 Å². The van der Waals surface area contributed by atoms with Crippen molar-refractivity contribution < 1.29 is 0 Å². The minimum Gasteiger partial charge on any atom is -0.398 e. The molecule has 0 saturated carbocycles. The first kappa shape index (κ1) is 11.4. The van der Waals surface area contributed by atoms with Crippen LogP contribution in [0.5, 0.6) is 0 Å². The zero-order valence-corrected chi connectivity index (χ0v) is 11.0.